The molecule has 0 unspecified atom stereocenters. The minimum Gasteiger partial charge on any atom is -0.376 e. The molecule has 21 heavy (non-hydrogen) atoms. The lowest BCUT2D eigenvalue weighted by Crippen LogP contribution is -2.34. The van der Waals surface area contributed by atoms with Crippen LogP contribution in [0.2, 0.25) is 0 Å². The second kappa shape index (κ2) is 6.88. The smallest absolute Gasteiger partial charge is 0.282 e. The van der Waals surface area contributed by atoms with E-state index in [1.807, 2.05) is 0 Å². The Morgan fingerprint density at radius 1 is 1.43 bits per heavy atom. The van der Waals surface area contributed by atoms with Gasteiger partial charge in [0.1, 0.15) is 17.9 Å². The third-order valence-electron chi connectivity index (χ3n) is 3.12. The van der Waals surface area contributed by atoms with Crippen LogP contribution in [0, 0.1) is 0 Å². The molecule has 0 spiro atoms. The molecule has 0 bridgehead atoms. The molecule has 2 rings (SSSR count). The van der Waals surface area contributed by atoms with Gasteiger partial charge in [-0.25, -0.2) is 17.6 Å². The van der Waals surface area contributed by atoms with Crippen LogP contribution in [0.5, 0.6) is 0 Å². The van der Waals surface area contributed by atoms with Gasteiger partial charge in [-0.2, -0.15) is 5.10 Å². The van der Waals surface area contributed by atoms with Crippen molar-refractivity contribution in [2.45, 2.75) is 38.3 Å². The van der Waals surface area contributed by atoms with Crippen molar-refractivity contribution >= 4 is 5.91 Å². The summed E-state index contributed by atoms with van der Waals surface area (Å²) in [7, 11) is 0. The van der Waals surface area contributed by atoms with E-state index in [1.54, 1.807) is 0 Å². The highest BCUT2D eigenvalue weighted by atomic mass is 19.3. The number of amides is 1. The maximum absolute atomic E-state index is 12.7. The van der Waals surface area contributed by atoms with Gasteiger partial charge >= 0.3 is 0 Å². The van der Waals surface area contributed by atoms with Gasteiger partial charge in [-0.15, -0.1) is 0 Å². The topological polar surface area (TPSA) is 56.2 Å². The molecule has 1 aliphatic heterocycles. The van der Waals surface area contributed by atoms with E-state index in [1.165, 1.54) is 0 Å². The van der Waals surface area contributed by atoms with E-state index in [4.69, 9.17) is 4.74 Å². The number of ether oxygens (including phenoxy) is 1. The van der Waals surface area contributed by atoms with Crippen molar-refractivity contribution < 1.29 is 27.1 Å². The fraction of sp³-hybridized carbons (Fsp3) is 0.667. The summed E-state index contributed by atoms with van der Waals surface area (Å²) in [6.07, 6.45) is -4.29. The molecular formula is C12H15F4N3O2. The number of carbonyl (C=O) groups is 1. The highest BCUT2D eigenvalue weighted by molar-refractivity contribution is 5.75. The number of alkyl halides is 4. The largest absolute Gasteiger partial charge is 0.376 e. The molecule has 118 valence electrons. The van der Waals surface area contributed by atoms with Crippen LogP contribution < -0.4 is 5.32 Å². The lowest BCUT2D eigenvalue weighted by atomic mass is 10.2. The summed E-state index contributed by atoms with van der Waals surface area (Å²) in [6, 6.07) is 0.614. The van der Waals surface area contributed by atoms with E-state index in [2.05, 4.69) is 10.4 Å². The van der Waals surface area contributed by atoms with Crippen molar-refractivity contribution in [3.8, 4) is 0 Å². The molecule has 1 aromatic heterocycles. The molecule has 0 aromatic carbocycles. The first-order valence-electron chi connectivity index (χ1n) is 6.49. The van der Waals surface area contributed by atoms with Crippen molar-refractivity contribution in [2.24, 2.45) is 0 Å². The van der Waals surface area contributed by atoms with Crippen molar-refractivity contribution in [2.75, 3.05) is 13.2 Å². The first-order chi connectivity index (χ1) is 9.97. The zero-order valence-electron chi connectivity index (χ0n) is 11.1. The maximum atomic E-state index is 12.7. The third kappa shape index (κ3) is 4.16. The molecule has 1 fully saturated rings. The second-order valence-electron chi connectivity index (χ2n) is 4.69. The number of nitrogens with one attached hydrogen (secondary N) is 1. The molecule has 1 atom stereocenters. The number of rotatable bonds is 6. The Morgan fingerprint density at radius 2 is 2.19 bits per heavy atom. The Morgan fingerprint density at radius 3 is 2.76 bits per heavy atom. The molecular weight excluding hydrogens is 294 g/mol. The van der Waals surface area contributed by atoms with Gasteiger partial charge in [0.25, 0.3) is 12.9 Å². The van der Waals surface area contributed by atoms with Crippen LogP contribution in [-0.2, 0) is 16.1 Å². The zero-order chi connectivity index (χ0) is 15.4. The Labute approximate surface area is 118 Å². The summed E-state index contributed by atoms with van der Waals surface area (Å²) in [5, 5.41) is 5.87. The van der Waals surface area contributed by atoms with E-state index in [-0.39, 0.29) is 12.6 Å². The lowest BCUT2D eigenvalue weighted by molar-refractivity contribution is -0.122. The van der Waals surface area contributed by atoms with Crippen LogP contribution in [0.1, 0.15) is 37.1 Å². The SMILES string of the molecule is O=C(Cn1nc(C(F)F)cc1C(F)F)NC[C@H]1CCCO1. The van der Waals surface area contributed by atoms with E-state index in [0.717, 1.165) is 12.8 Å². The third-order valence-corrected chi connectivity index (χ3v) is 3.12. The minimum atomic E-state index is -2.98. The van der Waals surface area contributed by atoms with Crippen molar-refractivity contribution in [3.63, 3.8) is 0 Å². The summed E-state index contributed by atoms with van der Waals surface area (Å²) in [6.45, 7) is 0.373. The summed E-state index contributed by atoms with van der Waals surface area (Å²) in [4.78, 5) is 11.7. The second-order valence-corrected chi connectivity index (χ2v) is 4.69. The number of nitrogens with zero attached hydrogens (tertiary/aromatic N) is 2. The van der Waals surface area contributed by atoms with E-state index in [9.17, 15) is 22.4 Å². The Kier molecular flexibility index (Phi) is 5.16. The summed E-state index contributed by atoms with van der Waals surface area (Å²) in [5.41, 5.74) is -1.46. The van der Waals surface area contributed by atoms with Gasteiger partial charge in [0, 0.05) is 13.2 Å². The van der Waals surface area contributed by atoms with Gasteiger partial charge in [-0.05, 0) is 18.9 Å². The van der Waals surface area contributed by atoms with Crippen molar-refractivity contribution in [3.05, 3.63) is 17.5 Å². The Hall–Kier alpha value is -1.64. The molecule has 1 aliphatic rings. The van der Waals surface area contributed by atoms with Crippen LogP contribution in [0.25, 0.3) is 0 Å². The van der Waals surface area contributed by atoms with Crippen molar-refractivity contribution in [1.82, 2.24) is 15.1 Å². The number of hydrogen-bond acceptors (Lipinski definition) is 3. The molecule has 5 nitrogen and oxygen atoms in total. The van der Waals surface area contributed by atoms with Crippen LogP contribution in [0.3, 0.4) is 0 Å². The Balaban J connectivity index is 1.95. The monoisotopic (exact) mass is 309 g/mol. The molecule has 1 saturated heterocycles. The maximum Gasteiger partial charge on any atom is 0.282 e. The molecule has 1 aromatic rings. The summed E-state index contributed by atoms with van der Waals surface area (Å²) < 4.78 is 56.3. The molecule has 9 heteroatoms. The normalized spacial score (nSPS) is 18.7. The Bertz CT molecular complexity index is 487. The first kappa shape index (κ1) is 15.7. The number of carbonyl (C=O) groups excluding carboxylic acids is 1. The van der Waals surface area contributed by atoms with Gasteiger partial charge in [-0.1, -0.05) is 0 Å². The molecule has 1 N–H and O–H groups in total. The average molecular weight is 309 g/mol. The number of hydrogen-bond donors (Lipinski definition) is 1. The van der Waals surface area contributed by atoms with Gasteiger partial charge in [0.2, 0.25) is 5.91 Å². The average Bonchev–Trinajstić information content (AvgIpc) is 3.05. The van der Waals surface area contributed by atoms with Crippen LogP contribution in [-0.4, -0.2) is 34.9 Å². The summed E-state index contributed by atoms with van der Waals surface area (Å²) >= 11 is 0. The van der Waals surface area contributed by atoms with E-state index < -0.39 is 36.7 Å². The highest BCUT2D eigenvalue weighted by Gasteiger charge is 2.23. The van der Waals surface area contributed by atoms with Gasteiger partial charge in [0.15, 0.2) is 0 Å². The predicted octanol–water partition coefficient (Wildman–Crippen LogP) is 2.05. The van der Waals surface area contributed by atoms with Crippen LogP contribution in [0.4, 0.5) is 17.6 Å². The van der Waals surface area contributed by atoms with Crippen molar-refractivity contribution in [1.29, 1.82) is 0 Å². The van der Waals surface area contributed by atoms with Crippen LogP contribution >= 0.6 is 0 Å². The lowest BCUT2D eigenvalue weighted by Gasteiger charge is -2.11. The van der Waals surface area contributed by atoms with Gasteiger partial charge in [0.05, 0.1) is 6.10 Å². The minimum absolute atomic E-state index is 0.0854. The van der Waals surface area contributed by atoms with Gasteiger partial charge < -0.3 is 10.1 Å². The fourth-order valence-corrected chi connectivity index (χ4v) is 2.09. The van der Waals surface area contributed by atoms with E-state index in [0.29, 0.717) is 17.4 Å². The zero-order valence-corrected chi connectivity index (χ0v) is 11.1. The highest BCUT2D eigenvalue weighted by Crippen LogP contribution is 2.24. The van der Waals surface area contributed by atoms with E-state index >= 15 is 0 Å². The molecule has 2 heterocycles. The standard InChI is InChI=1S/C12H15F4N3O2/c13-11(14)8-4-9(12(15)16)19(18-8)6-10(20)17-5-7-2-1-3-21-7/h4,7,11-12H,1-3,5-6H2,(H,17,20)/t7-/m1/s1. The quantitative estimate of drug-likeness (QED) is 0.818. The van der Waals surface area contributed by atoms with Gasteiger partial charge in [-0.3, -0.25) is 9.48 Å². The fourth-order valence-electron chi connectivity index (χ4n) is 2.09. The molecule has 0 radical (unpaired) electrons. The predicted molar refractivity (Wildman–Crippen MR) is 64.1 cm³/mol. The summed E-state index contributed by atoms with van der Waals surface area (Å²) in [5.74, 6) is -0.573. The number of aromatic nitrogens is 2. The molecule has 0 saturated carbocycles. The molecule has 0 aliphatic carbocycles. The first-order valence-corrected chi connectivity index (χ1v) is 6.49. The van der Waals surface area contributed by atoms with Crippen LogP contribution in [0.15, 0.2) is 6.07 Å². The molecule has 1 amide bonds. The number of halogens is 4.